The molecule has 2 amide bonds. The zero-order valence-corrected chi connectivity index (χ0v) is 12.1. The third kappa shape index (κ3) is 3.60. The maximum Gasteiger partial charge on any atom is 0.319 e. The van der Waals surface area contributed by atoms with Gasteiger partial charge < -0.3 is 10.6 Å². The highest BCUT2D eigenvalue weighted by Crippen LogP contribution is 2.16. The maximum atomic E-state index is 12.0. The van der Waals surface area contributed by atoms with Gasteiger partial charge in [-0.2, -0.15) is 0 Å². The Kier molecular flexibility index (Phi) is 4.41. The van der Waals surface area contributed by atoms with Crippen LogP contribution >= 0.6 is 0 Å². The van der Waals surface area contributed by atoms with E-state index in [1.54, 1.807) is 0 Å². The predicted octanol–water partition coefficient (Wildman–Crippen LogP) is 4.19. The van der Waals surface area contributed by atoms with E-state index in [4.69, 9.17) is 0 Å². The lowest BCUT2D eigenvalue weighted by molar-refractivity contribution is 0.249. The molecular formula is C17H20N2O. The van der Waals surface area contributed by atoms with E-state index in [-0.39, 0.29) is 12.1 Å². The number of nitrogens with one attached hydrogen (secondary N) is 2. The monoisotopic (exact) mass is 268 g/mol. The minimum atomic E-state index is -0.187. The molecule has 2 aromatic rings. The summed E-state index contributed by atoms with van der Waals surface area (Å²) in [6, 6.07) is 15.7. The van der Waals surface area contributed by atoms with E-state index >= 15 is 0 Å². The highest BCUT2D eigenvalue weighted by Gasteiger charge is 2.09. The fourth-order valence-corrected chi connectivity index (χ4v) is 2.13. The van der Waals surface area contributed by atoms with Gasteiger partial charge in [-0.05, 0) is 38.0 Å². The number of carbonyl (C=O) groups excluding carboxylic acids is 1. The first-order valence-corrected chi connectivity index (χ1v) is 6.76. The molecule has 0 unspecified atom stereocenters. The van der Waals surface area contributed by atoms with E-state index in [1.165, 1.54) is 5.56 Å². The number of urea groups is 1. The van der Waals surface area contributed by atoms with Gasteiger partial charge in [0.15, 0.2) is 0 Å². The molecule has 104 valence electrons. The van der Waals surface area contributed by atoms with E-state index in [0.717, 1.165) is 16.8 Å². The number of rotatable bonds is 3. The minimum Gasteiger partial charge on any atom is -0.331 e. The second-order valence-electron chi connectivity index (χ2n) is 5.05. The van der Waals surface area contributed by atoms with Crippen molar-refractivity contribution in [1.82, 2.24) is 5.32 Å². The summed E-state index contributed by atoms with van der Waals surface area (Å²) >= 11 is 0. The highest BCUT2D eigenvalue weighted by atomic mass is 16.2. The molecule has 0 aromatic heterocycles. The second kappa shape index (κ2) is 6.24. The van der Waals surface area contributed by atoms with Crippen molar-refractivity contribution in [2.45, 2.75) is 26.8 Å². The first-order valence-electron chi connectivity index (χ1n) is 6.76. The Morgan fingerprint density at radius 1 is 1.05 bits per heavy atom. The lowest BCUT2D eigenvalue weighted by Gasteiger charge is -2.16. The fraction of sp³-hybridized carbons (Fsp3) is 0.235. The van der Waals surface area contributed by atoms with Gasteiger partial charge in [-0.15, -0.1) is 0 Å². The molecule has 0 saturated carbocycles. The van der Waals surface area contributed by atoms with E-state index in [0.29, 0.717) is 0 Å². The molecule has 0 heterocycles. The Hall–Kier alpha value is -2.29. The quantitative estimate of drug-likeness (QED) is 0.861. The number of hydrogen-bond acceptors (Lipinski definition) is 1. The Balaban J connectivity index is 1.99. The predicted molar refractivity (Wildman–Crippen MR) is 82.9 cm³/mol. The lowest BCUT2D eigenvalue weighted by atomic mass is 10.1. The topological polar surface area (TPSA) is 41.1 Å². The minimum absolute atomic E-state index is 0.0260. The van der Waals surface area contributed by atoms with Crippen LogP contribution in [-0.4, -0.2) is 6.03 Å². The van der Waals surface area contributed by atoms with E-state index < -0.39 is 0 Å². The van der Waals surface area contributed by atoms with Crippen molar-refractivity contribution in [3.05, 3.63) is 65.2 Å². The van der Waals surface area contributed by atoms with Crippen molar-refractivity contribution in [1.29, 1.82) is 0 Å². The summed E-state index contributed by atoms with van der Waals surface area (Å²) in [5, 5.41) is 5.82. The van der Waals surface area contributed by atoms with Crippen molar-refractivity contribution >= 4 is 11.7 Å². The zero-order chi connectivity index (χ0) is 14.5. The van der Waals surface area contributed by atoms with Crippen LogP contribution in [0.4, 0.5) is 10.5 Å². The first-order chi connectivity index (χ1) is 9.56. The van der Waals surface area contributed by atoms with Gasteiger partial charge in [0, 0.05) is 5.69 Å². The van der Waals surface area contributed by atoms with Crippen molar-refractivity contribution < 1.29 is 4.79 Å². The van der Waals surface area contributed by atoms with Crippen molar-refractivity contribution in [2.75, 3.05) is 5.32 Å². The maximum absolute atomic E-state index is 12.0. The highest BCUT2D eigenvalue weighted by molar-refractivity contribution is 5.90. The van der Waals surface area contributed by atoms with Crippen LogP contribution in [0.3, 0.4) is 0 Å². The Morgan fingerprint density at radius 2 is 1.75 bits per heavy atom. The largest absolute Gasteiger partial charge is 0.331 e. The summed E-state index contributed by atoms with van der Waals surface area (Å²) in [5.41, 5.74) is 4.18. The Labute approximate surface area is 120 Å². The Morgan fingerprint density at radius 3 is 2.40 bits per heavy atom. The third-order valence-electron chi connectivity index (χ3n) is 3.28. The average Bonchev–Trinajstić information content (AvgIpc) is 2.43. The van der Waals surface area contributed by atoms with Crippen LogP contribution in [0.15, 0.2) is 48.5 Å². The molecule has 0 saturated heterocycles. The zero-order valence-electron chi connectivity index (χ0n) is 12.1. The van der Waals surface area contributed by atoms with Crippen LogP contribution in [0.2, 0.25) is 0 Å². The second-order valence-corrected chi connectivity index (χ2v) is 5.05. The van der Waals surface area contributed by atoms with Gasteiger partial charge in [-0.25, -0.2) is 4.79 Å². The first kappa shape index (κ1) is 14.1. The molecule has 2 rings (SSSR count). The number of anilines is 1. The van der Waals surface area contributed by atoms with Crippen LogP contribution in [-0.2, 0) is 0 Å². The lowest BCUT2D eigenvalue weighted by Crippen LogP contribution is -2.31. The summed E-state index contributed by atoms with van der Waals surface area (Å²) in [4.78, 5) is 12.0. The van der Waals surface area contributed by atoms with Gasteiger partial charge in [-0.3, -0.25) is 0 Å². The van der Waals surface area contributed by atoms with Gasteiger partial charge in [0.05, 0.1) is 6.04 Å². The molecule has 1 atom stereocenters. The van der Waals surface area contributed by atoms with Crippen LogP contribution < -0.4 is 10.6 Å². The molecular weight excluding hydrogens is 248 g/mol. The molecule has 0 aliphatic carbocycles. The average molecular weight is 268 g/mol. The van der Waals surface area contributed by atoms with E-state index in [9.17, 15) is 4.79 Å². The molecule has 3 nitrogen and oxygen atoms in total. The van der Waals surface area contributed by atoms with Crippen LogP contribution in [0.1, 0.15) is 29.7 Å². The number of hydrogen-bond donors (Lipinski definition) is 2. The van der Waals surface area contributed by atoms with Gasteiger partial charge in [-0.1, -0.05) is 48.0 Å². The number of carbonyl (C=O) groups is 1. The standard InChI is InChI=1S/C17H20N2O/c1-12-9-10-16(13(2)11-12)19-17(20)18-14(3)15-7-5-4-6-8-15/h4-11,14H,1-3H3,(H2,18,19,20)/t14-/m0/s1. The molecule has 0 aliphatic heterocycles. The van der Waals surface area contributed by atoms with Crippen LogP contribution in [0.5, 0.6) is 0 Å². The molecule has 0 fully saturated rings. The Bertz CT molecular complexity index is 593. The summed E-state index contributed by atoms with van der Waals surface area (Å²) in [6.07, 6.45) is 0. The normalized spacial score (nSPS) is 11.8. The fourth-order valence-electron chi connectivity index (χ4n) is 2.13. The molecule has 0 aliphatic rings. The van der Waals surface area contributed by atoms with Crippen molar-refractivity contribution in [3.63, 3.8) is 0 Å². The number of aryl methyl sites for hydroxylation is 2. The van der Waals surface area contributed by atoms with Crippen molar-refractivity contribution in [2.24, 2.45) is 0 Å². The molecule has 0 spiro atoms. The molecule has 2 aromatic carbocycles. The van der Waals surface area contributed by atoms with Gasteiger partial charge in [0.2, 0.25) is 0 Å². The summed E-state index contributed by atoms with van der Waals surface area (Å²) in [5.74, 6) is 0. The molecule has 20 heavy (non-hydrogen) atoms. The third-order valence-corrected chi connectivity index (χ3v) is 3.28. The summed E-state index contributed by atoms with van der Waals surface area (Å²) in [6.45, 7) is 5.99. The van der Waals surface area contributed by atoms with Gasteiger partial charge >= 0.3 is 6.03 Å². The number of benzene rings is 2. The van der Waals surface area contributed by atoms with E-state index in [1.807, 2.05) is 63.2 Å². The summed E-state index contributed by atoms with van der Waals surface area (Å²) in [7, 11) is 0. The van der Waals surface area contributed by atoms with Gasteiger partial charge in [0.1, 0.15) is 0 Å². The smallest absolute Gasteiger partial charge is 0.319 e. The molecule has 0 bridgehead atoms. The molecule has 3 heteroatoms. The summed E-state index contributed by atoms with van der Waals surface area (Å²) < 4.78 is 0. The molecule has 0 radical (unpaired) electrons. The van der Waals surface area contributed by atoms with Gasteiger partial charge in [0.25, 0.3) is 0 Å². The van der Waals surface area contributed by atoms with Crippen LogP contribution in [0, 0.1) is 13.8 Å². The van der Waals surface area contributed by atoms with Crippen LogP contribution in [0.25, 0.3) is 0 Å². The van der Waals surface area contributed by atoms with E-state index in [2.05, 4.69) is 16.7 Å². The SMILES string of the molecule is Cc1ccc(NC(=O)N[C@@H](C)c2ccccc2)c(C)c1. The molecule has 2 N–H and O–H groups in total. The number of amides is 2. The van der Waals surface area contributed by atoms with Crippen molar-refractivity contribution in [3.8, 4) is 0 Å².